The van der Waals surface area contributed by atoms with E-state index in [2.05, 4.69) is 4.72 Å². The number of carbonyl (C=O) groups excluding carboxylic acids is 1. The van der Waals surface area contributed by atoms with Gasteiger partial charge in [-0.25, -0.2) is 13.1 Å². The second-order valence-electron chi connectivity index (χ2n) is 5.96. The van der Waals surface area contributed by atoms with Gasteiger partial charge in [0.2, 0.25) is 15.9 Å². The Kier molecular flexibility index (Phi) is 5.75. The first-order chi connectivity index (χ1) is 11.3. The van der Waals surface area contributed by atoms with Gasteiger partial charge in [-0.1, -0.05) is 12.1 Å². The maximum Gasteiger partial charge on any atom is 0.246 e. The molecular formula is C17H21N3O3S. The van der Waals surface area contributed by atoms with Crippen molar-refractivity contribution >= 4 is 22.0 Å². The van der Waals surface area contributed by atoms with E-state index in [0.29, 0.717) is 0 Å². The first-order valence-electron chi connectivity index (χ1n) is 7.77. The largest absolute Gasteiger partial charge is 0.338 e. The smallest absolute Gasteiger partial charge is 0.246 e. The summed E-state index contributed by atoms with van der Waals surface area (Å²) in [6.07, 6.45) is 5.10. The van der Waals surface area contributed by atoms with Crippen LogP contribution in [0.1, 0.15) is 31.7 Å². The van der Waals surface area contributed by atoms with Crippen molar-refractivity contribution in [2.75, 3.05) is 7.05 Å². The molecule has 24 heavy (non-hydrogen) atoms. The number of hydrogen-bond acceptors (Lipinski definition) is 4. The van der Waals surface area contributed by atoms with Gasteiger partial charge in [0, 0.05) is 25.2 Å². The number of nitrogens with one attached hydrogen (secondary N) is 1. The zero-order valence-electron chi connectivity index (χ0n) is 13.8. The van der Waals surface area contributed by atoms with Gasteiger partial charge in [-0.15, -0.1) is 0 Å². The molecular weight excluding hydrogens is 326 g/mol. The van der Waals surface area contributed by atoms with E-state index in [1.165, 1.54) is 23.1 Å². The Morgan fingerprint density at radius 3 is 2.58 bits per heavy atom. The molecule has 0 aliphatic heterocycles. The van der Waals surface area contributed by atoms with Crippen LogP contribution in [0.15, 0.2) is 35.2 Å². The van der Waals surface area contributed by atoms with E-state index >= 15 is 0 Å². The molecule has 1 aromatic rings. The zero-order chi connectivity index (χ0) is 17.7. The summed E-state index contributed by atoms with van der Waals surface area (Å²) in [5.74, 6) is -0.204. The maximum atomic E-state index is 12.1. The fraction of sp³-hybridized carbons (Fsp3) is 0.412. The van der Waals surface area contributed by atoms with Crippen molar-refractivity contribution in [3.63, 3.8) is 0 Å². The van der Waals surface area contributed by atoms with Gasteiger partial charge in [0.1, 0.15) is 0 Å². The lowest BCUT2D eigenvalue weighted by atomic mass is 10.2. The molecule has 1 aliphatic carbocycles. The SMILES string of the molecule is CC(CC#N)N(C)C(=O)/C=C/c1ccc(S(=O)(=O)NC2CC2)cc1. The zero-order valence-corrected chi connectivity index (χ0v) is 14.6. The van der Waals surface area contributed by atoms with E-state index < -0.39 is 10.0 Å². The molecule has 0 heterocycles. The Morgan fingerprint density at radius 2 is 2.04 bits per heavy atom. The van der Waals surface area contributed by atoms with E-state index in [9.17, 15) is 13.2 Å². The number of sulfonamides is 1. The molecule has 2 rings (SSSR count). The number of likely N-dealkylation sites (N-methyl/N-ethyl adjacent to an activating group) is 1. The number of amides is 1. The Morgan fingerprint density at radius 1 is 1.42 bits per heavy atom. The van der Waals surface area contributed by atoms with Crippen LogP contribution in [0.25, 0.3) is 6.08 Å². The molecule has 0 radical (unpaired) electrons. The average Bonchev–Trinajstić information content (AvgIpc) is 3.35. The number of nitriles is 1. The van der Waals surface area contributed by atoms with Crippen LogP contribution in [0.3, 0.4) is 0 Å². The first kappa shape index (κ1) is 18.2. The van der Waals surface area contributed by atoms with Gasteiger partial charge in [-0.2, -0.15) is 5.26 Å². The minimum atomic E-state index is -3.46. The maximum absolute atomic E-state index is 12.1. The molecule has 1 aliphatic rings. The van der Waals surface area contributed by atoms with Gasteiger partial charge in [0.05, 0.1) is 17.4 Å². The predicted octanol–water partition coefficient (Wildman–Crippen LogP) is 1.90. The third kappa shape index (κ3) is 4.91. The molecule has 1 unspecified atom stereocenters. The molecule has 6 nitrogen and oxygen atoms in total. The highest BCUT2D eigenvalue weighted by atomic mass is 32.2. The Balaban J connectivity index is 2.00. The standard InChI is InChI=1S/C17H21N3O3S/c1-13(11-12-18)20(2)17(21)10-5-14-3-8-16(9-4-14)24(22,23)19-15-6-7-15/h3-5,8-10,13,15,19H,6-7,11H2,1-2H3/b10-5+. The fourth-order valence-corrected chi connectivity index (χ4v) is 3.32. The molecule has 7 heteroatoms. The Bertz CT molecular complexity index is 759. The van der Waals surface area contributed by atoms with E-state index in [-0.39, 0.29) is 29.3 Å². The van der Waals surface area contributed by atoms with Crippen molar-refractivity contribution in [3.8, 4) is 6.07 Å². The van der Waals surface area contributed by atoms with Crippen LogP contribution < -0.4 is 4.72 Å². The highest BCUT2D eigenvalue weighted by molar-refractivity contribution is 7.89. The second kappa shape index (κ2) is 7.60. The Hall–Kier alpha value is -2.17. The van der Waals surface area contributed by atoms with Gasteiger partial charge in [-0.05, 0) is 43.5 Å². The van der Waals surface area contributed by atoms with Gasteiger partial charge in [0.15, 0.2) is 0 Å². The third-order valence-corrected chi connectivity index (χ3v) is 5.44. The molecule has 0 spiro atoms. The summed E-state index contributed by atoms with van der Waals surface area (Å²) in [6.45, 7) is 1.81. The summed E-state index contributed by atoms with van der Waals surface area (Å²) in [5, 5.41) is 8.67. The van der Waals surface area contributed by atoms with Crippen LogP contribution in [0, 0.1) is 11.3 Å². The summed E-state index contributed by atoms with van der Waals surface area (Å²) in [5.41, 5.74) is 0.732. The first-order valence-corrected chi connectivity index (χ1v) is 9.26. The lowest BCUT2D eigenvalue weighted by Crippen LogP contribution is -2.33. The second-order valence-corrected chi connectivity index (χ2v) is 7.67. The van der Waals surface area contributed by atoms with Crippen LogP contribution in [-0.2, 0) is 14.8 Å². The van der Waals surface area contributed by atoms with E-state index in [0.717, 1.165) is 18.4 Å². The van der Waals surface area contributed by atoms with Gasteiger partial charge < -0.3 is 4.90 Å². The quantitative estimate of drug-likeness (QED) is 0.763. The molecule has 0 bridgehead atoms. The van der Waals surface area contributed by atoms with Gasteiger partial charge in [-0.3, -0.25) is 4.79 Å². The van der Waals surface area contributed by atoms with Crippen molar-refractivity contribution in [2.45, 2.75) is 43.2 Å². The summed E-state index contributed by atoms with van der Waals surface area (Å²) in [7, 11) is -1.81. The molecule has 0 aromatic heterocycles. The normalized spacial score (nSPS) is 15.9. The van der Waals surface area contributed by atoms with E-state index in [1.807, 2.05) is 13.0 Å². The Labute approximate surface area is 142 Å². The number of hydrogen-bond donors (Lipinski definition) is 1. The minimum Gasteiger partial charge on any atom is -0.338 e. The van der Waals surface area contributed by atoms with Crippen LogP contribution in [0.5, 0.6) is 0 Å². The predicted molar refractivity (Wildman–Crippen MR) is 91.3 cm³/mol. The number of nitrogens with zero attached hydrogens (tertiary/aromatic N) is 2. The van der Waals surface area contributed by atoms with E-state index in [1.54, 1.807) is 25.3 Å². The highest BCUT2D eigenvalue weighted by Gasteiger charge is 2.27. The molecule has 1 N–H and O–H groups in total. The lowest BCUT2D eigenvalue weighted by Gasteiger charge is -2.21. The molecule has 1 saturated carbocycles. The average molecular weight is 347 g/mol. The molecule has 1 aromatic carbocycles. The summed E-state index contributed by atoms with van der Waals surface area (Å²) in [4.78, 5) is 13.7. The minimum absolute atomic E-state index is 0.0677. The number of rotatable bonds is 7. The topological polar surface area (TPSA) is 90.3 Å². The fourth-order valence-electron chi connectivity index (χ4n) is 2.02. The van der Waals surface area contributed by atoms with Crippen LogP contribution >= 0.6 is 0 Å². The van der Waals surface area contributed by atoms with E-state index in [4.69, 9.17) is 5.26 Å². The highest BCUT2D eigenvalue weighted by Crippen LogP contribution is 2.22. The van der Waals surface area contributed by atoms with Gasteiger partial charge >= 0.3 is 0 Å². The number of benzene rings is 1. The molecule has 1 atom stereocenters. The van der Waals surface area contributed by atoms with Crippen molar-refractivity contribution < 1.29 is 13.2 Å². The summed E-state index contributed by atoms with van der Waals surface area (Å²) in [6, 6.07) is 8.31. The van der Waals surface area contributed by atoms with Crippen molar-refractivity contribution in [3.05, 3.63) is 35.9 Å². The molecule has 0 saturated heterocycles. The van der Waals surface area contributed by atoms with Crippen LogP contribution in [0.2, 0.25) is 0 Å². The van der Waals surface area contributed by atoms with Crippen LogP contribution in [0.4, 0.5) is 0 Å². The molecule has 1 fully saturated rings. The van der Waals surface area contributed by atoms with Crippen LogP contribution in [-0.4, -0.2) is 38.4 Å². The van der Waals surface area contributed by atoms with Crippen molar-refractivity contribution in [1.82, 2.24) is 9.62 Å². The molecule has 1 amide bonds. The van der Waals surface area contributed by atoms with Crippen molar-refractivity contribution in [2.24, 2.45) is 0 Å². The molecule has 128 valence electrons. The third-order valence-electron chi connectivity index (χ3n) is 3.90. The monoisotopic (exact) mass is 347 g/mol. The van der Waals surface area contributed by atoms with Gasteiger partial charge in [0.25, 0.3) is 0 Å². The number of carbonyl (C=O) groups is 1. The summed E-state index contributed by atoms with van der Waals surface area (Å²) >= 11 is 0. The van der Waals surface area contributed by atoms with Crippen molar-refractivity contribution in [1.29, 1.82) is 5.26 Å². The lowest BCUT2D eigenvalue weighted by molar-refractivity contribution is -0.126. The summed E-state index contributed by atoms with van der Waals surface area (Å²) < 4.78 is 26.8.